The van der Waals surface area contributed by atoms with Crippen LogP contribution < -0.4 is 5.32 Å². The summed E-state index contributed by atoms with van der Waals surface area (Å²) in [4.78, 5) is 3.77. The summed E-state index contributed by atoms with van der Waals surface area (Å²) < 4.78 is 12.9. The molecule has 13 heavy (non-hydrogen) atoms. The number of hydrogen-bond donors (Lipinski definition) is 1. The molecule has 0 saturated carbocycles. The molecule has 1 aliphatic rings. The van der Waals surface area contributed by atoms with Crippen LogP contribution in [0.4, 0.5) is 4.39 Å². The SMILES string of the molecule is Fc1cnc(Cl)c([C@@H]2CCCN2)c1. The van der Waals surface area contributed by atoms with Crippen molar-refractivity contribution in [2.24, 2.45) is 0 Å². The Morgan fingerprint density at radius 2 is 2.46 bits per heavy atom. The molecule has 0 unspecified atom stereocenters. The third kappa shape index (κ3) is 1.81. The van der Waals surface area contributed by atoms with Crippen LogP contribution in [0.1, 0.15) is 24.4 Å². The fourth-order valence-corrected chi connectivity index (χ4v) is 1.87. The lowest BCUT2D eigenvalue weighted by Gasteiger charge is -2.11. The number of pyridine rings is 1. The largest absolute Gasteiger partial charge is 0.310 e. The van der Waals surface area contributed by atoms with Gasteiger partial charge in [-0.25, -0.2) is 9.37 Å². The standard InChI is InChI=1S/C9H10ClFN2/c10-9-7(4-6(11)5-13-9)8-2-1-3-12-8/h4-5,8,12H,1-3H2/t8-/m0/s1. The lowest BCUT2D eigenvalue weighted by molar-refractivity contribution is 0.599. The van der Waals surface area contributed by atoms with Gasteiger partial charge in [-0.3, -0.25) is 0 Å². The Labute approximate surface area is 81.1 Å². The minimum atomic E-state index is -0.326. The number of nitrogens with zero attached hydrogens (tertiary/aromatic N) is 1. The predicted octanol–water partition coefficient (Wildman–Crippen LogP) is 2.30. The Balaban J connectivity index is 2.32. The van der Waals surface area contributed by atoms with Crippen molar-refractivity contribution >= 4 is 11.6 Å². The number of rotatable bonds is 1. The third-order valence-corrected chi connectivity index (χ3v) is 2.58. The van der Waals surface area contributed by atoms with E-state index in [0.29, 0.717) is 5.15 Å². The van der Waals surface area contributed by atoms with E-state index in [-0.39, 0.29) is 11.9 Å². The second-order valence-electron chi connectivity index (χ2n) is 3.18. The van der Waals surface area contributed by atoms with E-state index in [1.165, 1.54) is 6.07 Å². The van der Waals surface area contributed by atoms with Crippen molar-refractivity contribution in [1.82, 2.24) is 10.3 Å². The van der Waals surface area contributed by atoms with Crippen molar-refractivity contribution < 1.29 is 4.39 Å². The van der Waals surface area contributed by atoms with Crippen LogP contribution in [0.5, 0.6) is 0 Å². The average Bonchev–Trinajstić information content (AvgIpc) is 2.61. The van der Waals surface area contributed by atoms with Gasteiger partial charge in [-0.15, -0.1) is 0 Å². The van der Waals surface area contributed by atoms with E-state index in [4.69, 9.17) is 11.6 Å². The summed E-state index contributed by atoms with van der Waals surface area (Å²) in [5, 5.41) is 3.65. The Morgan fingerprint density at radius 1 is 1.62 bits per heavy atom. The van der Waals surface area contributed by atoms with E-state index >= 15 is 0 Å². The maximum absolute atomic E-state index is 12.9. The smallest absolute Gasteiger partial charge is 0.141 e. The van der Waals surface area contributed by atoms with Gasteiger partial charge in [0, 0.05) is 11.6 Å². The normalized spacial score (nSPS) is 22.2. The van der Waals surface area contributed by atoms with Crippen LogP contribution in [0, 0.1) is 5.82 Å². The van der Waals surface area contributed by atoms with E-state index in [1.807, 2.05) is 0 Å². The molecule has 2 heterocycles. The molecular formula is C9H10ClFN2. The summed E-state index contributed by atoms with van der Waals surface area (Å²) in [6.07, 6.45) is 3.25. The molecule has 0 amide bonds. The highest BCUT2D eigenvalue weighted by molar-refractivity contribution is 6.30. The highest BCUT2D eigenvalue weighted by atomic mass is 35.5. The zero-order chi connectivity index (χ0) is 9.26. The van der Waals surface area contributed by atoms with Crippen LogP contribution in [0.2, 0.25) is 5.15 Å². The van der Waals surface area contributed by atoms with Gasteiger partial charge in [0.05, 0.1) is 6.20 Å². The van der Waals surface area contributed by atoms with Crippen molar-refractivity contribution in [1.29, 1.82) is 0 Å². The van der Waals surface area contributed by atoms with Crippen molar-refractivity contribution in [2.75, 3.05) is 6.54 Å². The van der Waals surface area contributed by atoms with Gasteiger partial charge in [-0.1, -0.05) is 11.6 Å². The molecular weight excluding hydrogens is 191 g/mol. The van der Waals surface area contributed by atoms with Gasteiger partial charge in [0.1, 0.15) is 11.0 Å². The van der Waals surface area contributed by atoms with Crippen LogP contribution in [0.3, 0.4) is 0 Å². The van der Waals surface area contributed by atoms with Crippen LogP contribution in [0.15, 0.2) is 12.3 Å². The van der Waals surface area contributed by atoms with E-state index in [1.54, 1.807) is 0 Å². The highest BCUT2D eigenvalue weighted by Gasteiger charge is 2.19. The van der Waals surface area contributed by atoms with Gasteiger partial charge in [0.25, 0.3) is 0 Å². The van der Waals surface area contributed by atoms with Crippen LogP contribution in [-0.2, 0) is 0 Å². The van der Waals surface area contributed by atoms with Crippen LogP contribution in [-0.4, -0.2) is 11.5 Å². The molecule has 1 aromatic rings. The van der Waals surface area contributed by atoms with Gasteiger partial charge in [0.2, 0.25) is 0 Å². The molecule has 0 spiro atoms. The molecule has 1 atom stereocenters. The third-order valence-electron chi connectivity index (χ3n) is 2.27. The van der Waals surface area contributed by atoms with Crippen LogP contribution >= 0.6 is 11.6 Å². The number of hydrogen-bond acceptors (Lipinski definition) is 2. The second kappa shape index (κ2) is 3.60. The fourth-order valence-electron chi connectivity index (χ4n) is 1.63. The molecule has 70 valence electrons. The van der Waals surface area contributed by atoms with Gasteiger partial charge in [-0.2, -0.15) is 0 Å². The molecule has 0 radical (unpaired) electrons. The lowest BCUT2D eigenvalue weighted by atomic mass is 10.1. The minimum absolute atomic E-state index is 0.177. The highest BCUT2D eigenvalue weighted by Crippen LogP contribution is 2.27. The quantitative estimate of drug-likeness (QED) is 0.704. The zero-order valence-electron chi connectivity index (χ0n) is 7.06. The summed E-state index contributed by atoms with van der Waals surface area (Å²) in [5.41, 5.74) is 0.777. The van der Waals surface area contributed by atoms with Crippen molar-refractivity contribution in [3.63, 3.8) is 0 Å². The van der Waals surface area contributed by atoms with Gasteiger partial charge in [0.15, 0.2) is 0 Å². The second-order valence-corrected chi connectivity index (χ2v) is 3.54. The van der Waals surface area contributed by atoms with E-state index < -0.39 is 0 Å². The zero-order valence-corrected chi connectivity index (χ0v) is 7.81. The molecule has 1 N–H and O–H groups in total. The van der Waals surface area contributed by atoms with Gasteiger partial charge < -0.3 is 5.32 Å². The molecule has 1 saturated heterocycles. The first kappa shape index (κ1) is 8.91. The van der Waals surface area contributed by atoms with Gasteiger partial charge in [-0.05, 0) is 25.5 Å². The minimum Gasteiger partial charge on any atom is -0.310 e. The molecule has 1 fully saturated rings. The number of halogens is 2. The molecule has 2 nitrogen and oxygen atoms in total. The van der Waals surface area contributed by atoms with Gasteiger partial charge >= 0.3 is 0 Å². The Kier molecular flexibility index (Phi) is 2.47. The summed E-state index contributed by atoms with van der Waals surface area (Å²) in [6, 6.07) is 1.63. The molecule has 0 aromatic carbocycles. The summed E-state index contributed by atoms with van der Waals surface area (Å²) in [5.74, 6) is -0.326. The molecule has 4 heteroatoms. The summed E-state index contributed by atoms with van der Waals surface area (Å²) in [7, 11) is 0. The van der Waals surface area contributed by atoms with E-state index in [0.717, 1.165) is 31.1 Å². The first-order chi connectivity index (χ1) is 6.27. The Bertz CT molecular complexity index is 310. The maximum Gasteiger partial charge on any atom is 0.141 e. The molecule has 1 aliphatic heterocycles. The summed E-state index contributed by atoms with van der Waals surface area (Å²) in [6.45, 7) is 0.970. The predicted molar refractivity (Wildman–Crippen MR) is 49.2 cm³/mol. The maximum atomic E-state index is 12.9. The molecule has 0 bridgehead atoms. The van der Waals surface area contributed by atoms with E-state index in [2.05, 4.69) is 10.3 Å². The van der Waals surface area contributed by atoms with E-state index in [9.17, 15) is 4.39 Å². The lowest BCUT2D eigenvalue weighted by Crippen LogP contribution is -2.13. The molecule has 1 aromatic heterocycles. The van der Waals surface area contributed by atoms with Crippen molar-refractivity contribution in [3.8, 4) is 0 Å². The first-order valence-electron chi connectivity index (χ1n) is 4.31. The Morgan fingerprint density at radius 3 is 3.15 bits per heavy atom. The number of aromatic nitrogens is 1. The van der Waals surface area contributed by atoms with Crippen molar-refractivity contribution in [2.45, 2.75) is 18.9 Å². The van der Waals surface area contributed by atoms with Crippen LogP contribution in [0.25, 0.3) is 0 Å². The average molecular weight is 201 g/mol. The fraction of sp³-hybridized carbons (Fsp3) is 0.444. The topological polar surface area (TPSA) is 24.9 Å². The first-order valence-corrected chi connectivity index (χ1v) is 4.69. The molecule has 0 aliphatic carbocycles. The summed E-state index contributed by atoms with van der Waals surface area (Å²) >= 11 is 5.86. The van der Waals surface area contributed by atoms with Crippen molar-refractivity contribution in [3.05, 3.63) is 28.8 Å². The molecule has 2 rings (SSSR count). The number of nitrogens with one attached hydrogen (secondary N) is 1. The monoisotopic (exact) mass is 200 g/mol. The Hall–Kier alpha value is -0.670.